The molecule has 0 saturated heterocycles. The fraction of sp³-hybridized carbons (Fsp3) is 0.286. The van der Waals surface area contributed by atoms with Gasteiger partial charge in [-0.3, -0.25) is 19.6 Å². The molecular weight excluding hydrogens is 352 g/mol. The second-order valence-corrected chi connectivity index (χ2v) is 5.55. The smallest absolute Gasteiger partial charge is 0.273 e. The van der Waals surface area contributed by atoms with Gasteiger partial charge < -0.3 is 5.32 Å². The molecule has 116 valence electrons. The summed E-state index contributed by atoms with van der Waals surface area (Å²) in [4.78, 5) is 22.6. The van der Waals surface area contributed by atoms with E-state index in [-0.39, 0.29) is 23.7 Å². The Hall–Kier alpha value is -2.22. The fourth-order valence-corrected chi connectivity index (χ4v) is 2.49. The van der Waals surface area contributed by atoms with Gasteiger partial charge in [0.25, 0.3) is 11.6 Å². The molecule has 8 heteroatoms. The molecule has 0 aliphatic rings. The summed E-state index contributed by atoms with van der Waals surface area (Å²) in [5.74, 6) is -0.362. The summed E-state index contributed by atoms with van der Waals surface area (Å²) >= 11 is 3.38. The Morgan fingerprint density at radius 3 is 2.86 bits per heavy atom. The van der Waals surface area contributed by atoms with Gasteiger partial charge in [-0.2, -0.15) is 5.10 Å². The van der Waals surface area contributed by atoms with Gasteiger partial charge in [-0.15, -0.1) is 0 Å². The lowest BCUT2D eigenvalue weighted by Crippen LogP contribution is -2.24. The molecule has 0 bridgehead atoms. The number of benzene rings is 1. The van der Waals surface area contributed by atoms with Gasteiger partial charge in [-0.1, -0.05) is 6.07 Å². The fourth-order valence-electron chi connectivity index (χ4n) is 2.05. The lowest BCUT2D eigenvalue weighted by atomic mass is 10.1. The van der Waals surface area contributed by atoms with E-state index in [2.05, 4.69) is 26.3 Å². The molecule has 0 aliphatic heterocycles. The van der Waals surface area contributed by atoms with Crippen LogP contribution in [-0.2, 0) is 13.1 Å². The normalized spacial score (nSPS) is 10.5. The Morgan fingerprint density at radius 2 is 2.23 bits per heavy atom. The van der Waals surface area contributed by atoms with E-state index in [4.69, 9.17) is 0 Å². The van der Waals surface area contributed by atoms with Crippen molar-refractivity contribution in [3.63, 3.8) is 0 Å². The van der Waals surface area contributed by atoms with Crippen LogP contribution in [0.25, 0.3) is 0 Å². The van der Waals surface area contributed by atoms with Crippen LogP contribution in [0.1, 0.15) is 28.5 Å². The summed E-state index contributed by atoms with van der Waals surface area (Å²) in [6.45, 7) is 4.56. The third-order valence-corrected chi connectivity index (χ3v) is 3.94. The van der Waals surface area contributed by atoms with E-state index >= 15 is 0 Å². The molecule has 7 nitrogen and oxygen atoms in total. The molecule has 2 aromatic rings. The first-order valence-corrected chi connectivity index (χ1v) is 7.46. The molecule has 0 aliphatic carbocycles. The number of aromatic nitrogens is 2. The van der Waals surface area contributed by atoms with Gasteiger partial charge in [0.05, 0.1) is 27.8 Å². The summed E-state index contributed by atoms with van der Waals surface area (Å²) in [7, 11) is 0. The third kappa shape index (κ3) is 3.33. The average molecular weight is 367 g/mol. The first-order chi connectivity index (χ1) is 10.4. The van der Waals surface area contributed by atoms with E-state index in [1.807, 2.05) is 6.92 Å². The number of nitro groups is 1. The maximum atomic E-state index is 12.2. The number of halogens is 1. The van der Waals surface area contributed by atoms with Gasteiger partial charge in [0.1, 0.15) is 0 Å². The lowest BCUT2D eigenvalue weighted by Gasteiger charge is -2.08. The van der Waals surface area contributed by atoms with Gasteiger partial charge in [-0.05, 0) is 35.8 Å². The zero-order chi connectivity index (χ0) is 16.3. The number of carbonyl (C=O) groups is 1. The van der Waals surface area contributed by atoms with E-state index in [9.17, 15) is 14.9 Å². The second kappa shape index (κ2) is 6.69. The van der Waals surface area contributed by atoms with Crippen molar-refractivity contribution in [1.29, 1.82) is 0 Å². The van der Waals surface area contributed by atoms with Crippen LogP contribution in [0.15, 0.2) is 28.9 Å². The average Bonchev–Trinajstić information content (AvgIpc) is 2.85. The quantitative estimate of drug-likeness (QED) is 0.650. The first-order valence-electron chi connectivity index (χ1n) is 6.67. The standard InChI is InChI=1S/C14H15BrN4O3/c1-3-18-13(11(15)7-17-18)8-16-14(20)10-5-4-9(2)12(6-10)19(21)22/h4-7H,3,8H2,1-2H3,(H,16,20). The Kier molecular flexibility index (Phi) is 4.92. The number of aryl methyl sites for hydroxylation is 2. The molecule has 0 radical (unpaired) electrons. The maximum absolute atomic E-state index is 12.2. The summed E-state index contributed by atoms with van der Waals surface area (Å²) in [6, 6.07) is 4.43. The van der Waals surface area contributed by atoms with Gasteiger partial charge >= 0.3 is 0 Å². The summed E-state index contributed by atoms with van der Waals surface area (Å²) in [5.41, 5.74) is 1.56. The van der Waals surface area contributed by atoms with E-state index < -0.39 is 4.92 Å². The second-order valence-electron chi connectivity index (χ2n) is 4.70. The van der Waals surface area contributed by atoms with E-state index in [0.717, 1.165) is 10.2 Å². The highest BCUT2D eigenvalue weighted by Gasteiger charge is 2.16. The van der Waals surface area contributed by atoms with Gasteiger partial charge in [0, 0.05) is 23.7 Å². The minimum atomic E-state index is -0.491. The molecule has 1 aromatic carbocycles. The van der Waals surface area contributed by atoms with Crippen molar-refractivity contribution in [1.82, 2.24) is 15.1 Å². The van der Waals surface area contributed by atoms with Crippen LogP contribution in [0.5, 0.6) is 0 Å². The summed E-state index contributed by atoms with van der Waals surface area (Å²) in [5, 5.41) is 17.8. The molecular formula is C14H15BrN4O3. The number of hydrogen-bond donors (Lipinski definition) is 1. The van der Waals surface area contributed by atoms with Crippen LogP contribution < -0.4 is 5.32 Å². The molecule has 1 amide bonds. The molecule has 0 saturated carbocycles. The molecule has 1 heterocycles. The Bertz CT molecular complexity index is 727. The van der Waals surface area contributed by atoms with Crippen molar-refractivity contribution in [2.75, 3.05) is 0 Å². The molecule has 2 rings (SSSR count). The van der Waals surface area contributed by atoms with Crippen LogP contribution >= 0.6 is 15.9 Å². The van der Waals surface area contributed by atoms with Crippen LogP contribution in [0.4, 0.5) is 5.69 Å². The van der Waals surface area contributed by atoms with E-state index in [1.165, 1.54) is 6.07 Å². The highest BCUT2D eigenvalue weighted by Crippen LogP contribution is 2.20. The number of rotatable bonds is 5. The van der Waals surface area contributed by atoms with Gasteiger partial charge in [0.15, 0.2) is 0 Å². The van der Waals surface area contributed by atoms with E-state index in [0.29, 0.717) is 12.1 Å². The zero-order valence-corrected chi connectivity index (χ0v) is 13.8. The lowest BCUT2D eigenvalue weighted by molar-refractivity contribution is -0.385. The zero-order valence-electron chi connectivity index (χ0n) is 12.2. The molecule has 1 N–H and O–H groups in total. The molecule has 22 heavy (non-hydrogen) atoms. The third-order valence-electron chi connectivity index (χ3n) is 3.28. The maximum Gasteiger partial charge on any atom is 0.273 e. The van der Waals surface area contributed by atoms with Crippen molar-refractivity contribution >= 4 is 27.5 Å². The van der Waals surface area contributed by atoms with Crippen molar-refractivity contribution in [3.8, 4) is 0 Å². The number of nitro benzene ring substituents is 1. The molecule has 0 atom stereocenters. The first kappa shape index (κ1) is 16.2. The molecule has 1 aromatic heterocycles. The Balaban J connectivity index is 2.14. The van der Waals surface area contributed by atoms with Crippen molar-refractivity contribution in [2.45, 2.75) is 26.9 Å². The Labute approximate surface area is 135 Å². The predicted octanol–water partition coefficient (Wildman–Crippen LogP) is 2.81. The van der Waals surface area contributed by atoms with Gasteiger partial charge in [-0.25, -0.2) is 0 Å². The van der Waals surface area contributed by atoms with Crippen LogP contribution in [0.3, 0.4) is 0 Å². The molecule has 0 unspecified atom stereocenters. The van der Waals surface area contributed by atoms with Crippen LogP contribution in [0.2, 0.25) is 0 Å². The van der Waals surface area contributed by atoms with Crippen molar-refractivity contribution in [3.05, 3.63) is 55.8 Å². The minimum absolute atomic E-state index is 0.0626. The highest BCUT2D eigenvalue weighted by atomic mass is 79.9. The highest BCUT2D eigenvalue weighted by molar-refractivity contribution is 9.10. The van der Waals surface area contributed by atoms with Crippen LogP contribution in [0, 0.1) is 17.0 Å². The van der Waals surface area contributed by atoms with Crippen molar-refractivity contribution in [2.24, 2.45) is 0 Å². The molecule has 0 spiro atoms. The minimum Gasteiger partial charge on any atom is -0.346 e. The SMILES string of the molecule is CCn1ncc(Br)c1CNC(=O)c1ccc(C)c([N+](=O)[O-])c1. The summed E-state index contributed by atoms with van der Waals surface area (Å²) < 4.78 is 2.58. The largest absolute Gasteiger partial charge is 0.346 e. The Morgan fingerprint density at radius 1 is 1.50 bits per heavy atom. The monoisotopic (exact) mass is 366 g/mol. The van der Waals surface area contributed by atoms with Crippen molar-refractivity contribution < 1.29 is 9.72 Å². The number of carbonyl (C=O) groups excluding carboxylic acids is 1. The number of nitrogens with zero attached hydrogens (tertiary/aromatic N) is 3. The molecule has 0 fully saturated rings. The van der Waals surface area contributed by atoms with E-state index in [1.54, 1.807) is 29.9 Å². The predicted molar refractivity (Wildman–Crippen MR) is 84.6 cm³/mol. The summed E-state index contributed by atoms with van der Waals surface area (Å²) in [6.07, 6.45) is 1.67. The van der Waals surface area contributed by atoms with Crippen LogP contribution in [-0.4, -0.2) is 20.6 Å². The topological polar surface area (TPSA) is 90.1 Å². The number of nitrogens with one attached hydrogen (secondary N) is 1. The number of amides is 1. The number of hydrogen-bond acceptors (Lipinski definition) is 4. The van der Waals surface area contributed by atoms with Gasteiger partial charge in [0.2, 0.25) is 0 Å².